The second kappa shape index (κ2) is 11.6. The number of carbonyl (C=O) groups is 2. The molecule has 2 heterocycles. The Labute approximate surface area is 235 Å². The number of carbonyl (C=O) groups excluding carboxylic acids is 2. The summed E-state index contributed by atoms with van der Waals surface area (Å²) in [7, 11) is 0.768. The van der Waals surface area contributed by atoms with Gasteiger partial charge in [-0.25, -0.2) is 17.7 Å². The lowest BCUT2D eigenvalue weighted by Gasteiger charge is -2.18. The number of amides is 2. The number of rotatable bonds is 9. The summed E-state index contributed by atoms with van der Waals surface area (Å²) in [5.74, 6) is -0.364. The van der Waals surface area contributed by atoms with Crippen LogP contribution >= 0.6 is 11.3 Å². The van der Waals surface area contributed by atoms with Crippen molar-refractivity contribution in [2.45, 2.75) is 31.2 Å². The van der Waals surface area contributed by atoms with Crippen LogP contribution in [0.1, 0.15) is 34.6 Å². The summed E-state index contributed by atoms with van der Waals surface area (Å²) in [4.78, 5) is 45.0. The molecule has 1 unspecified atom stereocenters. The highest BCUT2D eigenvalue weighted by Gasteiger charge is 2.25. The molecule has 0 saturated carbocycles. The lowest BCUT2D eigenvalue weighted by Crippen LogP contribution is -2.33. The minimum Gasteiger partial charge on any atom is -0.495 e. The van der Waals surface area contributed by atoms with E-state index in [1.807, 2.05) is 0 Å². The number of para-hydroxylation sites is 2. The highest BCUT2D eigenvalue weighted by molar-refractivity contribution is 7.89. The molecule has 40 heavy (non-hydrogen) atoms. The maximum atomic E-state index is 13.5. The summed E-state index contributed by atoms with van der Waals surface area (Å²) >= 11 is 1.09. The topological polar surface area (TPSA) is 140 Å². The molecule has 0 aliphatic heterocycles. The maximum Gasteiger partial charge on any atom is 0.266 e. The van der Waals surface area contributed by atoms with Crippen molar-refractivity contribution in [1.82, 2.24) is 13.9 Å². The Morgan fingerprint density at radius 2 is 1.77 bits per heavy atom. The smallest absolute Gasteiger partial charge is 0.266 e. The van der Waals surface area contributed by atoms with Crippen molar-refractivity contribution in [3.05, 3.63) is 75.7 Å². The summed E-state index contributed by atoms with van der Waals surface area (Å²) in [6.45, 7) is 3.44. The van der Waals surface area contributed by atoms with Crippen molar-refractivity contribution in [2.75, 3.05) is 31.8 Å². The van der Waals surface area contributed by atoms with Crippen LogP contribution in [0.15, 0.2) is 64.5 Å². The van der Waals surface area contributed by atoms with Crippen molar-refractivity contribution >= 4 is 54.8 Å². The van der Waals surface area contributed by atoms with Crippen molar-refractivity contribution < 1.29 is 22.7 Å². The predicted octanol–water partition coefficient (Wildman–Crippen LogP) is 3.87. The molecule has 210 valence electrons. The number of aryl methyl sites for hydroxylation is 1. The number of hydrogen-bond acceptors (Lipinski definition) is 8. The largest absolute Gasteiger partial charge is 0.495 e. The van der Waals surface area contributed by atoms with Gasteiger partial charge in [0, 0.05) is 19.8 Å². The van der Waals surface area contributed by atoms with E-state index in [0.717, 1.165) is 15.6 Å². The lowest BCUT2D eigenvalue weighted by atomic mass is 10.1. The Balaban J connectivity index is 1.61. The van der Waals surface area contributed by atoms with Crippen LogP contribution in [0.2, 0.25) is 0 Å². The first-order chi connectivity index (χ1) is 19.0. The van der Waals surface area contributed by atoms with Gasteiger partial charge in [0.15, 0.2) is 0 Å². The number of nitrogens with zero attached hydrogens (tertiary/aromatic N) is 3. The second-order valence-corrected chi connectivity index (χ2v) is 12.2. The zero-order chi connectivity index (χ0) is 29.2. The standard InChI is InChI=1S/C27H29N5O6S2/c1-6-20(24(33)29-17-11-13-18(14-12-17)40(36,37)31(3)4)32-15-28-26-22(27(32)35)16(2)23(39-26)25(34)30-19-9-7-8-10-21(19)38-5/h7-15,20H,6H2,1-5H3,(H,29,33)(H,30,34). The number of benzene rings is 2. The number of aromatic nitrogens is 2. The summed E-state index contributed by atoms with van der Waals surface area (Å²) < 4.78 is 32.3. The van der Waals surface area contributed by atoms with E-state index in [1.54, 1.807) is 38.1 Å². The highest BCUT2D eigenvalue weighted by atomic mass is 32.2. The van der Waals surface area contributed by atoms with Crippen molar-refractivity contribution in [1.29, 1.82) is 0 Å². The van der Waals surface area contributed by atoms with Crippen molar-refractivity contribution in [3.8, 4) is 5.75 Å². The van der Waals surface area contributed by atoms with Gasteiger partial charge >= 0.3 is 0 Å². The molecule has 0 fully saturated rings. The fourth-order valence-electron chi connectivity index (χ4n) is 4.16. The van der Waals surface area contributed by atoms with Gasteiger partial charge in [0.2, 0.25) is 15.9 Å². The zero-order valence-corrected chi connectivity index (χ0v) is 24.2. The van der Waals surface area contributed by atoms with Crippen molar-refractivity contribution in [2.24, 2.45) is 0 Å². The molecule has 0 spiro atoms. The minimum absolute atomic E-state index is 0.0897. The Morgan fingerprint density at radius 3 is 2.40 bits per heavy atom. The van der Waals surface area contributed by atoms with Crippen LogP contribution in [0, 0.1) is 6.92 Å². The molecule has 0 saturated heterocycles. The predicted molar refractivity (Wildman–Crippen MR) is 155 cm³/mol. The average molecular weight is 584 g/mol. The first-order valence-electron chi connectivity index (χ1n) is 12.3. The van der Waals surface area contributed by atoms with Gasteiger partial charge in [-0.2, -0.15) is 0 Å². The number of thiophene rings is 1. The molecule has 1 atom stereocenters. The van der Waals surface area contributed by atoms with Gasteiger partial charge in [-0.05, 0) is 55.3 Å². The van der Waals surface area contributed by atoms with Gasteiger partial charge in [0.25, 0.3) is 11.5 Å². The molecular formula is C27H29N5O6S2. The zero-order valence-electron chi connectivity index (χ0n) is 22.6. The van der Waals surface area contributed by atoms with E-state index >= 15 is 0 Å². The van der Waals surface area contributed by atoms with Gasteiger partial charge in [-0.15, -0.1) is 11.3 Å². The summed E-state index contributed by atoms with van der Waals surface area (Å²) in [6, 6.07) is 11.9. The summed E-state index contributed by atoms with van der Waals surface area (Å²) in [5.41, 5.74) is 0.897. The number of sulfonamides is 1. The Bertz CT molecular complexity index is 1740. The molecule has 2 aromatic heterocycles. The molecule has 2 N–H and O–H groups in total. The normalized spacial score (nSPS) is 12.3. The first-order valence-corrected chi connectivity index (χ1v) is 14.5. The van der Waals surface area contributed by atoms with Crippen LogP contribution in [-0.4, -0.2) is 55.3 Å². The fraction of sp³-hybridized carbons (Fsp3) is 0.259. The van der Waals surface area contributed by atoms with Gasteiger partial charge in [0.1, 0.15) is 16.6 Å². The molecule has 11 nitrogen and oxygen atoms in total. The van der Waals surface area contributed by atoms with Crippen LogP contribution in [0.5, 0.6) is 5.75 Å². The number of methoxy groups -OCH3 is 1. The molecular weight excluding hydrogens is 554 g/mol. The van der Waals surface area contributed by atoms with Gasteiger partial charge in [0.05, 0.1) is 34.3 Å². The van der Waals surface area contributed by atoms with E-state index < -0.39 is 33.4 Å². The van der Waals surface area contributed by atoms with Crippen LogP contribution in [0.4, 0.5) is 11.4 Å². The molecule has 0 bridgehead atoms. The quantitative estimate of drug-likeness (QED) is 0.305. The van der Waals surface area contributed by atoms with Crippen LogP contribution < -0.4 is 20.9 Å². The molecule has 4 aromatic rings. The highest BCUT2D eigenvalue weighted by Crippen LogP contribution is 2.30. The number of ether oxygens (including phenoxy) is 1. The lowest BCUT2D eigenvalue weighted by molar-refractivity contribution is -0.119. The van der Waals surface area contributed by atoms with E-state index in [1.165, 1.54) is 56.4 Å². The molecule has 0 aliphatic carbocycles. The Morgan fingerprint density at radius 1 is 1.10 bits per heavy atom. The molecule has 2 aromatic carbocycles. The third-order valence-corrected chi connectivity index (χ3v) is 9.39. The summed E-state index contributed by atoms with van der Waals surface area (Å²) in [6.07, 6.45) is 1.60. The van der Waals surface area contributed by atoms with E-state index in [4.69, 9.17) is 4.74 Å². The third-order valence-electron chi connectivity index (χ3n) is 6.36. The van der Waals surface area contributed by atoms with Gasteiger partial charge < -0.3 is 15.4 Å². The van der Waals surface area contributed by atoms with Crippen LogP contribution in [0.3, 0.4) is 0 Å². The van der Waals surface area contributed by atoms with E-state index in [2.05, 4.69) is 15.6 Å². The molecule has 2 amide bonds. The van der Waals surface area contributed by atoms with Crippen LogP contribution in [-0.2, 0) is 14.8 Å². The third kappa shape index (κ3) is 5.48. The Kier molecular flexibility index (Phi) is 8.37. The monoisotopic (exact) mass is 583 g/mol. The van der Waals surface area contributed by atoms with E-state index in [0.29, 0.717) is 32.4 Å². The van der Waals surface area contributed by atoms with Crippen LogP contribution in [0.25, 0.3) is 10.2 Å². The van der Waals surface area contributed by atoms with Gasteiger partial charge in [-0.3, -0.25) is 19.0 Å². The summed E-state index contributed by atoms with van der Waals surface area (Å²) in [5, 5.41) is 5.83. The van der Waals surface area contributed by atoms with Crippen molar-refractivity contribution in [3.63, 3.8) is 0 Å². The molecule has 0 aliphatic rings. The minimum atomic E-state index is -3.61. The number of hydrogen-bond donors (Lipinski definition) is 2. The fourth-order valence-corrected chi connectivity index (χ4v) is 6.09. The average Bonchev–Trinajstić information content (AvgIpc) is 3.28. The maximum absolute atomic E-state index is 13.5. The number of nitrogens with one attached hydrogen (secondary N) is 2. The Hall–Kier alpha value is -4.07. The van der Waals surface area contributed by atoms with E-state index in [9.17, 15) is 22.8 Å². The molecule has 0 radical (unpaired) electrons. The molecule has 4 rings (SSSR count). The molecule has 13 heteroatoms. The number of fused-ring (bicyclic) bond motifs is 1. The first kappa shape index (κ1) is 28.9. The number of anilines is 2. The van der Waals surface area contributed by atoms with Gasteiger partial charge in [-0.1, -0.05) is 19.1 Å². The second-order valence-electron chi connectivity index (χ2n) is 9.07. The SMILES string of the molecule is CCC(C(=O)Nc1ccc(S(=O)(=O)N(C)C)cc1)n1cnc2sc(C(=O)Nc3ccccc3OC)c(C)c2c1=O. The van der Waals surface area contributed by atoms with E-state index in [-0.39, 0.29) is 16.7 Å².